The lowest BCUT2D eigenvalue weighted by Gasteiger charge is -2.26. The average Bonchev–Trinajstić information content (AvgIpc) is 2.49. The van der Waals surface area contributed by atoms with Gasteiger partial charge in [0.2, 0.25) is 0 Å². The summed E-state index contributed by atoms with van der Waals surface area (Å²) < 4.78 is 0.801. The van der Waals surface area contributed by atoms with Gasteiger partial charge >= 0.3 is 0 Å². The standard InChI is InChI=1S/C17H18N2S/c20-17-8-4-7-16(18-17)15-9-11-19(12-10-15)13-14-5-2-1-3-6-14/h1-9H,10-13H2,(H,18,20). The number of H-pyrrole nitrogens is 1. The molecule has 1 aliphatic heterocycles. The molecule has 0 fully saturated rings. The molecule has 0 radical (unpaired) electrons. The van der Waals surface area contributed by atoms with Crippen LogP contribution < -0.4 is 0 Å². The molecule has 20 heavy (non-hydrogen) atoms. The maximum atomic E-state index is 5.19. The molecule has 2 nitrogen and oxygen atoms in total. The third kappa shape index (κ3) is 3.24. The van der Waals surface area contributed by atoms with Crippen LogP contribution in [-0.2, 0) is 6.54 Å². The van der Waals surface area contributed by atoms with E-state index in [1.54, 1.807) is 0 Å². The molecule has 0 saturated heterocycles. The Hall–Kier alpha value is -1.71. The van der Waals surface area contributed by atoms with Gasteiger partial charge in [-0.1, -0.05) is 54.7 Å². The number of rotatable bonds is 3. The third-order valence-corrected chi connectivity index (χ3v) is 3.89. The van der Waals surface area contributed by atoms with E-state index in [1.165, 1.54) is 11.1 Å². The van der Waals surface area contributed by atoms with Crippen LogP contribution in [-0.4, -0.2) is 23.0 Å². The zero-order valence-corrected chi connectivity index (χ0v) is 12.2. The molecule has 0 aliphatic carbocycles. The number of aromatic nitrogens is 1. The predicted molar refractivity (Wildman–Crippen MR) is 85.9 cm³/mol. The first kappa shape index (κ1) is 13.3. The van der Waals surface area contributed by atoms with Crippen LogP contribution in [0.3, 0.4) is 0 Å². The van der Waals surface area contributed by atoms with E-state index in [0.717, 1.165) is 36.4 Å². The summed E-state index contributed by atoms with van der Waals surface area (Å²) in [6.07, 6.45) is 3.38. The predicted octanol–water partition coefficient (Wildman–Crippen LogP) is 4.03. The third-order valence-electron chi connectivity index (χ3n) is 3.66. The van der Waals surface area contributed by atoms with Gasteiger partial charge in [0.05, 0.1) is 0 Å². The van der Waals surface area contributed by atoms with Gasteiger partial charge < -0.3 is 4.98 Å². The Morgan fingerprint density at radius 2 is 1.90 bits per heavy atom. The Morgan fingerprint density at radius 3 is 2.60 bits per heavy atom. The molecule has 102 valence electrons. The molecule has 0 spiro atoms. The van der Waals surface area contributed by atoms with E-state index in [2.05, 4.69) is 52.4 Å². The molecule has 1 aromatic heterocycles. The highest BCUT2D eigenvalue weighted by molar-refractivity contribution is 7.71. The van der Waals surface area contributed by atoms with Gasteiger partial charge in [-0.2, -0.15) is 0 Å². The summed E-state index contributed by atoms with van der Waals surface area (Å²) in [5.41, 5.74) is 3.92. The SMILES string of the molecule is S=c1cccc(C2=CCN(Cc3ccccc3)CC2)[nH]1. The van der Waals surface area contributed by atoms with E-state index in [0.29, 0.717) is 0 Å². The van der Waals surface area contributed by atoms with Crippen molar-refractivity contribution >= 4 is 17.8 Å². The molecule has 3 heteroatoms. The van der Waals surface area contributed by atoms with Crippen LogP contribution in [0.25, 0.3) is 5.57 Å². The zero-order chi connectivity index (χ0) is 13.8. The van der Waals surface area contributed by atoms with Crippen LogP contribution in [0.4, 0.5) is 0 Å². The number of benzene rings is 1. The van der Waals surface area contributed by atoms with Crippen molar-refractivity contribution in [2.75, 3.05) is 13.1 Å². The Labute approximate surface area is 124 Å². The Kier molecular flexibility index (Phi) is 4.09. The molecule has 0 saturated carbocycles. The van der Waals surface area contributed by atoms with Crippen LogP contribution in [0.1, 0.15) is 17.7 Å². The Morgan fingerprint density at radius 1 is 1.05 bits per heavy atom. The summed E-state index contributed by atoms with van der Waals surface area (Å²) in [5.74, 6) is 0. The fraction of sp³-hybridized carbons (Fsp3) is 0.235. The van der Waals surface area contributed by atoms with Crippen molar-refractivity contribution in [2.24, 2.45) is 0 Å². The lowest BCUT2D eigenvalue weighted by atomic mass is 10.0. The number of hydrogen-bond acceptors (Lipinski definition) is 2. The first-order valence-electron chi connectivity index (χ1n) is 6.96. The van der Waals surface area contributed by atoms with E-state index >= 15 is 0 Å². The minimum absolute atomic E-state index is 0.801. The maximum Gasteiger partial charge on any atom is 0.103 e. The van der Waals surface area contributed by atoms with Gasteiger partial charge in [0.25, 0.3) is 0 Å². The first-order valence-corrected chi connectivity index (χ1v) is 7.37. The molecule has 3 rings (SSSR count). The smallest absolute Gasteiger partial charge is 0.103 e. The van der Waals surface area contributed by atoms with Gasteiger partial charge in [0.1, 0.15) is 4.64 Å². The van der Waals surface area contributed by atoms with Crippen molar-refractivity contribution in [3.63, 3.8) is 0 Å². The summed E-state index contributed by atoms with van der Waals surface area (Å²) in [7, 11) is 0. The van der Waals surface area contributed by atoms with Gasteiger partial charge in [-0.3, -0.25) is 4.90 Å². The fourth-order valence-corrected chi connectivity index (χ4v) is 2.76. The largest absolute Gasteiger partial charge is 0.346 e. The number of aromatic amines is 1. The monoisotopic (exact) mass is 282 g/mol. The van der Waals surface area contributed by atoms with Crippen molar-refractivity contribution < 1.29 is 0 Å². The molecule has 2 aromatic rings. The normalized spacial score (nSPS) is 15.9. The molecule has 0 amide bonds. The molecular formula is C17H18N2S. The van der Waals surface area contributed by atoms with Crippen LogP contribution in [0.15, 0.2) is 54.6 Å². The van der Waals surface area contributed by atoms with Crippen LogP contribution in [0, 0.1) is 4.64 Å². The zero-order valence-electron chi connectivity index (χ0n) is 11.4. The molecule has 1 N–H and O–H groups in total. The van der Waals surface area contributed by atoms with E-state index in [-0.39, 0.29) is 0 Å². The quantitative estimate of drug-likeness (QED) is 0.857. The van der Waals surface area contributed by atoms with Crippen molar-refractivity contribution in [1.29, 1.82) is 0 Å². The molecule has 1 aromatic carbocycles. The average molecular weight is 282 g/mol. The summed E-state index contributed by atoms with van der Waals surface area (Å²) in [6.45, 7) is 3.12. The second-order valence-electron chi connectivity index (χ2n) is 5.13. The van der Waals surface area contributed by atoms with Crippen molar-refractivity contribution in [2.45, 2.75) is 13.0 Å². The van der Waals surface area contributed by atoms with E-state index < -0.39 is 0 Å². The number of nitrogens with zero attached hydrogens (tertiary/aromatic N) is 1. The lowest BCUT2D eigenvalue weighted by molar-refractivity contribution is 0.294. The molecule has 2 heterocycles. The van der Waals surface area contributed by atoms with Gasteiger partial charge in [-0.15, -0.1) is 0 Å². The molecule has 1 aliphatic rings. The van der Waals surface area contributed by atoms with Crippen molar-refractivity contribution in [3.8, 4) is 0 Å². The minimum Gasteiger partial charge on any atom is -0.346 e. The Bertz CT molecular complexity index is 658. The maximum absolute atomic E-state index is 5.19. The topological polar surface area (TPSA) is 19.0 Å². The van der Waals surface area contributed by atoms with Crippen molar-refractivity contribution in [3.05, 3.63) is 70.5 Å². The second-order valence-corrected chi connectivity index (χ2v) is 5.57. The van der Waals surface area contributed by atoms with Gasteiger partial charge in [-0.25, -0.2) is 0 Å². The highest BCUT2D eigenvalue weighted by atomic mass is 32.1. The number of nitrogens with one attached hydrogen (secondary N) is 1. The molecular weight excluding hydrogens is 264 g/mol. The summed E-state index contributed by atoms with van der Waals surface area (Å²) >= 11 is 5.19. The first-order chi connectivity index (χ1) is 9.81. The highest BCUT2D eigenvalue weighted by Crippen LogP contribution is 2.21. The van der Waals surface area contributed by atoms with Crippen molar-refractivity contribution in [1.82, 2.24) is 9.88 Å². The summed E-state index contributed by atoms with van der Waals surface area (Å²) in [6, 6.07) is 16.7. The lowest BCUT2D eigenvalue weighted by Crippen LogP contribution is -2.28. The van der Waals surface area contributed by atoms with Crippen LogP contribution in [0.2, 0.25) is 0 Å². The molecule has 0 atom stereocenters. The van der Waals surface area contributed by atoms with Crippen LogP contribution in [0.5, 0.6) is 0 Å². The van der Waals surface area contributed by atoms with E-state index in [9.17, 15) is 0 Å². The second kappa shape index (κ2) is 6.16. The summed E-state index contributed by atoms with van der Waals surface area (Å²) in [5, 5.41) is 0. The molecule has 0 bridgehead atoms. The molecule has 0 unspecified atom stereocenters. The van der Waals surface area contributed by atoms with Crippen LogP contribution >= 0.6 is 12.2 Å². The number of pyridine rings is 1. The summed E-state index contributed by atoms with van der Waals surface area (Å²) in [4.78, 5) is 5.74. The Balaban J connectivity index is 1.67. The fourth-order valence-electron chi connectivity index (χ4n) is 2.58. The van der Waals surface area contributed by atoms with Gasteiger partial charge in [-0.05, 0) is 29.7 Å². The van der Waals surface area contributed by atoms with E-state index in [4.69, 9.17) is 12.2 Å². The van der Waals surface area contributed by atoms with Gasteiger partial charge in [0, 0.05) is 25.3 Å². The minimum atomic E-state index is 0.801. The number of hydrogen-bond donors (Lipinski definition) is 1. The van der Waals surface area contributed by atoms with E-state index in [1.807, 2.05) is 12.1 Å². The highest BCUT2D eigenvalue weighted by Gasteiger charge is 2.13. The van der Waals surface area contributed by atoms with Gasteiger partial charge in [0.15, 0.2) is 0 Å².